The summed E-state index contributed by atoms with van der Waals surface area (Å²) in [5.74, 6) is 6.61. The Bertz CT molecular complexity index is 609. The van der Waals surface area contributed by atoms with Crippen molar-refractivity contribution in [3.63, 3.8) is 0 Å². The standard InChI is InChI=1S/C26H42N4O2/c31-25(29-23-19-7-15-5-16(9-19)10-20(23)8-15)27-3-1-2-4-28-26(32)30-24-21-11-17-6-18(13-21)14-22(24)12-17/h15-24H,1-14H2,(H2,27,29,31)(H2,28,30,32). The molecule has 0 atom stereocenters. The molecule has 8 fully saturated rings. The molecular formula is C26H42N4O2. The molecule has 8 aliphatic rings. The summed E-state index contributed by atoms with van der Waals surface area (Å²) in [6, 6.07) is 0.821. The third-order valence-electron chi connectivity index (χ3n) is 10.2. The second-order valence-corrected chi connectivity index (χ2v) is 12.4. The maximum Gasteiger partial charge on any atom is 0.315 e. The lowest BCUT2D eigenvalue weighted by molar-refractivity contribution is -0.00944. The minimum Gasteiger partial charge on any atom is -0.338 e. The van der Waals surface area contributed by atoms with Crippen LogP contribution in [0.1, 0.15) is 77.0 Å². The van der Waals surface area contributed by atoms with Crippen molar-refractivity contribution < 1.29 is 9.59 Å². The molecule has 8 bridgehead atoms. The summed E-state index contributed by atoms with van der Waals surface area (Å²) in [5.41, 5.74) is 0. The Morgan fingerprint density at radius 1 is 0.500 bits per heavy atom. The Labute approximate surface area is 192 Å². The van der Waals surface area contributed by atoms with E-state index in [0.717, 1.165) is 36.5 Å². The first kappa shape index (κ1) is 21.1. The largest absolute Gasteiger partial charge is 0.338 e. The van der Waals surface area contributed by atoms with Crippen LogP contribution in [-0.4, -0.2) is 37.2 Å². The maximum atomic E-state index is 12.4. The zero-order chi connectivity index (χ0) is 21.7. The minimum absolute atomic E-state index is 0.00932. The Kier molecular flexibility index (Phi) is 5.75. The van der Waals surface area contributed by atoms with Gasteiger partial charge < -0.3 is 21.3 Å². The van der Waals surface area contributed by atoms with E-state index < -0.39 is 0 Å². The van der Waals surface area contributed by atoms with Crippen LogP contribution in [0.25, 0.3) is 0 Å². The van der Waals surface area contributed by atoms with E-state index in [9.17, 15) is 9.59 Å². The number of carbonyl (C=O) groups is 2. The van der Waals surface area contributed by atoms with Gasteiger partial charge in [-0.05, 0) is 124 Å². The van der Waals surface area contributed by atoms with Gasteiger partial charge in [0.2, 0.25) is 0 Å². The summed E-state index contributed by atoms with van der Waals surface area (Å²) < 4.78 is 0. The first-order valence-electron chi connectivity index (χ1n) is 13.7. The van der Waals surface area contributed by atoms with Crippen molar-refractivity contribution in [1.29, 1.82) is 0 Å². The van der Waals surface area contributed by atoms with Gasteiger partial charge in [0.1, 0.15) is 0 Å². The summed E-state index contributed by atoms with van der Waals surface area (Å²) in [6.07, 6.45) is 15.3. The lowest BCUT2D eigenvalue weighted by Gasteiger charge is -2.54. The van der Waals surface area contributed by atoms with E-state index in [1.54, 1.807) is 0 Å². The molecule has 6 heteroatoms. The highest BCUT2D eigenvalue weighted by atomic mass is 16.2. The molecule has 8 aliphatic carbocycles. The van der Waals surface area contributed by atoms with Gasteiger partial charge in [-0.1, -0.05) is 0 Å². The van der Waals surface area contributed by atoms with Crippen LogP contribution in [0.15, 0.2) is 0 Å². The average Bonchev–Trinajstić information content (AvgIpc) is 2.75. The highest BCUT2D eigenvalue weighted by Gasteiger charge is 2.49. The van der Waals surface area contributed by atoms with Crippen molar-refractivity contribution in [2.45, 2.75) is 89.1 Å². The fraction of sp³-hybridized carbons (Fsp3) is 0.923. The molecule has 0 aromatic heterocycles. The summed E-state index contributed by atoms with van der Waals surface area (Å²) in [5, 5.41) is 12.7. The molecule has 4 amide bonds. The zero-order valence-electron chi connectivity index (χ0n) is 19.5. The molecule has 32 heavy (non-hydrogen) atoms. The monoisotopic (exact) mass is 442 g/mol. The van der Waals surface area contributed by atoms with E-state index in [1.807, 2.05) is 0 Å². The molecule has 0 aromatic rings. The highest BCUT2D eigenvalue weighted by molar-refractivity contribution is 5.74. The second-order valence-electron chi connectivity index (χ2n) is 12.4. The number of nitrogens with one attached hydrogen (secondary N) is 4. The third kappa shape index (κ3) is 4.23. The molecule has 178 valence electrons. The molecule has 0 aliphatic heterocycles. The number of carbonyl (C=O) groups excluding carboxylic acids is 2. The van der Waals surface area contributed by atoms with Crippen molar-refractivity contribution in [2.24, 2.45) is 47.3 Å². The quantitative estimate of drug-likeness (QED) is 0.449. The Hall–Kier alpha value is -1.46. The predicted molar refractivity (Wildman–Crippen MR) is 124 cm³/mol. The molecule has 8 rings (SSSR count). The van der Waals surface area contributed by atoms with Crippen LogP contribution in [0.4, 0.5) is 9.59 Å². The number of unbranched alkanes of at least 4 members (excludes halogenated alkanes) is 1. The van der Waals surface area contributed by atoms with Crippen molar-refractivity contribution in [3.8, 4) is 0 Å². The van der Waals surface area contributed by atoms with Crippen LogP contribution in [0.3, 0.4) is 0 Å². The van der Waals surface area contributed by atoms with E-state index in [2.05, 4.69) is 21.3 Å². The van der Waals surface area contributed by atoms with Crippen LogP contribution in [-0.2, 0) is 0 Å². The van der Waals surface area contributed by atoms with Gasteiger partial charge in [-0.25, -0.2) is 9.59 Å². The SMILES string of the molecule is O=C(NCCCCNC(=O)NC1C2CC3CC(C2)CC1C3)NC1C2CC3CC(C2)CC1C3. The molecule has 0 aromatic carbocycles. The van der Waals surface area contributed by atoms with Gasteiger partial charge >= 0.3 is 12.1 Å². The number of hydrogen-bond acceptors (Lipinski definition) is 2. The Morgan fingerprint density at radius 2 is 0.812 bits per heavy atom. The fourth-order valence-electron chi connectivity index (χ4n) is 9.38. The molecule has 0 unspecified atom stereocenters. The topological polar surface area (TPSA) is 82.3 Å². The summed E-state index contributed by atoms with van der Waals surface area (Å²) >= 11 is 0. The Balaban J connectivity index is 0.845. The van der Waals surface area contributed by atoms with Gasteiger partial charge in [-0.15, -0.1) is 0 Å². The molecule has 4 N–H and O–H groups in total. The molecule has 0 heterocycles. The normalized spacial score (nSPS) is 45.0. The van der Waals surface area contributed by atoms with Crippen molar-refractivity contribution in [3.05, 3.63) is 0 Å². The molecule has 8 saturated carbocycles. The first-order chi connectivity index (χ1) is 15.6. The lowest BCUT2D eigenvalue weighted by atomic mass is 9.54. The minimum atomic E-state index is 0.00932. The lowest BCUT2D eigenvalue weighted by Crippen LogP contribution is -2.57. The first-order valence-corrected chi connectivity index (χ1v) is 13.7. The average molecular weight is 443 g/mol. The van der Waals surface area contributed by atoms with Crippen LogP contribution < -0.4 is 21.3 Å². The summed E-state index contributed by atoms with van der Waals surface area (Å²) in [4.78, 5) is 24.8. The van der Waals surface area contributed by atoms with E-state index in [-0.39, 0.29) is 12.1 Å². The predicted octanol–water partition coefficient (Wildman–Crippen LogP) is 4.01. The van der Waals surface area contributed by atoms with Gasteiger partial charge in [-0.3, -0.25) is 0 Å². The van der Waals surface area contributed by atoms with Crippen molar-refractivity contribution in [1.82, 2.24) is 21.3 Å². The van der Waals surface area contributed by atoms with Gasteiger partial charge in [0.15, 0.2) is 0 Å². The van der Waals surface area contributed by atoms with Gasteiger partial charge in [-0.2, -0.15) is 0 Å². The van der Waals surface area contributed by atoms with E-state index in [4.69, 9.17) is 0 Å². The van der Waals surface area contributed by atoms with Gasteiger partial charge in [0, 0.05) is 25.2 Å². The fourth-order valence-corrected chi connectivity index (χ4v) is 9.38. The number of rotatable bonds is 7. The van der Waals surface area contributed by atoms with Crippen LogP contribution in [0.2, 0.25) is 0 Å². The summed E-state index contributed by atoms with van der Waals surface area (Å²) in [7, 11) is 0. The number of amides is 4. The summed E-state index contributed by atoms with van der Waals surface area (Å²) in [6.45, 7) is 1.36. The highest BCUT2D eigenvalue weighted by Crippen LogP contribution is 2.54. The molecule has 0 saturated heterocycles. The molecule has 0 radical (unpaired) electrons. The van der Waals surface area contributed by atoms with E-state index in [0.29, 0.717) is 48.8 Å². The Morgan fingerprint density at radius 3 is 1.12 bits per heavy atom. The van der Waals surface area contributed by atoms with Crippen LogP contribution in [0, 0.1) is 47.3 Å². The molecular weight excluding hydrogens is 400 g/mol. The van der Waals surface area contributed by atoms with Gasteiger partial charge in [0.25, 0.3) is 0 Å². The number of hydrogen-bond donors (Lipinski definition) is 4. The van der Waals surface area contributed by atoms with Crippen molar-refractivity contribution >= 4 is 12.1 Å². The van der Waals surface area contributed by atoms with E-state index >= 15 is 0 Å². The van der Waals surface area contributed by atoms with Gasteiger partial charge in [0.05, 0.1) is 0 Å². The van der Waals surface area contributed by atoms with Crippen LogP contribution >= 0.6 is 0 Å². The zero-order valence-corrected chi connectivity index (χ0v) is 19.5. The third-order valence-corrected chi connectivity index (χ3v) is 10.2. The van der Waals surface area contributed by atoms with Crippen molar-refractivity contribution in [2.75, 3.05) is 13.1 Å². The second kappa shape index (κ2) is 8.72. The smallest absolute Gasteiger partial charge is 0.315 e. The molecule has 6 nitrogen and oxygen atoms in total. The van der Waals surface area contributed by atoms with Crippen LogP contribution in [0.5, 0.6) is 0 Å². The van der Waals surface area contributed by atoms with E-state index in [1.165, 1.54) is 64.2 Å². The maximum absolute atomic E-state index is 12.4. The molecule has 0 spiro atoms. The number of urea groups is 2.